The van der Waals surface area contributed by atoms with E-state index in [1.165, 1.54) is 0 Å². The number of carbonyl (C=O) groups excluding carboxylic acids is 1. The molecule has 0 aromatic heterocycles. The van der Waals surface area contributed by atoms with E-state index < -0.39 is 0 Å². The number of β-amino-alcohol motifs (C(OH)–C–C–N with tert-alkyl or cyclic N) is 1. The van der Waals surface area contributed by atoms with Gasteiger partial charge in [-0.25, -0.2) is 0 Å². The van der Waals surface area contributed by atoms with E-state index in [9.17, 15) is 4.79 Å². The van der Waals surface area contributed by atoms with Gasteiger partial charge in [-0.05, 0) is 48.4 Å². The second-order valence-corrected chi connectivity index (χ2v) is 6.16. The summed E-state index contributed by atoms with van der Waals surface area (Å²) in [5, 5.41) is 11.2. The van der Waals surface area contributed by atoms with Crippen molar-refractivity contribution in [3.05, 3.63) is 42.0 Å². The number of hydrogen-bond donors (Lipinski definition) is 1. The Morgan fingerprint density at radius 1 is 1.26 bits per heavy atom. The molecule has 2 aromatic rings. The van der Waals surface area contributed by atoms with E-state index in [-0.39, 0.29) is 18.3 Å². The maximum atomic E-state index is 12.8. The highest BCUT2D eigenvalue weighted by molar-refractivity contribution is 6.01. The van der Waals surface area contributed by atoms with Crippen LogP contribution in [-0.2, 0) is 0 Å². The van der Waals surface area contributed by atoms with E-state index >= 15 is 0 Å². The molecule has 0 amide bonds. The Bertz CT molecular complexity index is 696. The van der Waals surface area contributed by atoms with Gasteiger partial charge in [0.1, 0.15) is 5.75 Å². The average Bonchev–Trinajstić information content (AvgIpc) is 2.60. The Morgan fingerprint density at radius 2 is 2.04 bits per heavy atom. The lowest BCUT2D eigenvalue weighted by atomic mass is 9.89. The van der Waals surface area contributed by atoms with Crippen LogP contribution in [0.4, 0.5) is 0 Å². The molecule has 2 aromatic carbocycles. The standard InChI is InChI=1S/C19H23NO3/c1-23-18-7-6-14-11-16(5-4-15(14)12-18)19(22)17-3-2-8-20(13-17)9-10-21/h4-7,11-12,17,21H,2-3,8-10,13H2,1H3/t17-/m1/s1. The predicted octanol–water partition coefficient (Wildman–Crippen LogP) is 2.74. The van der Waals surface area contributed by atoms with E-state index in [4.69, 9.17) is 9.84 Å². The number of rotatable bonds is 5. The van der Waals surface area contributed by atoms with Crippen LogP contribution in [0, 0.1) is 5.92 Å². The molecule has 0 aliphatic carbocycles. The maximum absolute atomic E-state index is 12.8. The van der Waals surface area contributed by atoms with Crippen LogP contribution in [0.15, 0.2) is 36.4 Å². The Kier molecular flexibility index (Phi) is 4.94. The van der Waals surface area contributed by atoms with Gasteiger partial charge in [0, 0.05) is 24.6 Å². The van der Waals surface area contributed by atoms with Crippen LogP contribution in [0.5, 0.6) is 5.75 Å². The molecule has 0 unspecified atom stereocenters. The zero-order chi connectivity index (χ0) is 16.2. The minimum atomic E-state index is 0.0333. The fourth-order valence-electron chi connectivity index (χ4n) is 3.35. The molecule has 1 heterocycles. The van der Waals surface area contributed by atoms with Crippen molar-refractivity contribution in [2.24, 2.45) is 5.92 Å². The quantitative estimate of drug-likeness (QED) is 0.862. The Balaban J connectivity index is 1.80. The molecule has 1 N–H and O–H groups in total. The highest BCUT2D eigenvalue weighted by atomic mass is 16.5. The molecule has 1 fully saturated rings. The van der Waals surface area contributed by atoms with Crippen LogP contribution in [0.3, 0.4) is 0 Å². The first-order valence-corrected chi connectivity index (χ1v) is 8.16. The van der Waals surface area contributed by atoms with Gasteiger partial charge in [0.25, 0.3) is 0 Å². The summed E-state index contributed by atoms with van der Waals surface area (Å²) in [5.41, 5.74) is 0.776. The summed E-state index contributed by atoms with van der Waals surface area (Å²) in [6.45, 7) is 2.53. The van der Waals surface area contributed by atoms with Crippen LogP contribution in [0.25, 0.3) is 10.8 Å². The molecular formula is C19H23NO3. The van der Waals surface area contributed by atoms with E-state index in [0.29, 0.717) is 6.54 Å². The van der Waals surface area contributed by atoms with Crippen LogP contribution in [0.2, 0.25) is 0 Å². The van der Waals surface area contributed by atoms with Gasteiger partial charge in [0.2, 0.25) is 0 Å². The third kappa shape index (κ3) is 3.54. The van der Waals surface area contributed by atoms with Gasteiger partial charge in [-0.3, -0.25) is 4.79 Å². The number of fused-ring (bicyclic) bond motifs is 1. The molecule has 1 saturated heterocycles. The van der Waals surface area contributed by atoms with Gasteiger partial charge in [-0.2, -0.15) is 0 Å². The van der Waals surface area contributed by atoms with Crippen molar-refractivity contribution in [2.75, 3.05) is 33.4 Å². The van der Waals surface area contributed by atoms with Gasteiger partial charge in [0.05, 0.1) is 13.7 Å². The maximum Gasteiger partial charge on any atom is 0.167 e. The largest absolute Gasteiger partial charge is 0.497 e. The van der Waals surface area contributed by atoms with Crippen LogP contribution in [-0.4, -0.2) is 49.1 Å². The summed E-state index contributed by atoms with van der Waals surface area (Å²) in [6, 6.07) is 11.8. The Labute approximate surface area is 136 Å². The molecule has 4 nitrogen and oxygen atoms in total. The molecule has 23 heavy (non-hydrogen) atoms. The van der Waals surface area contributed by atoms with Crippen molar-refractivity contribution >= 4 is 16.6 Å². The fourth-order valence-corrected chi connectivity index (χ4v) is 3.35. The number of aliphatic hydroxyl groups is 1. The summed E-state index contributed by atoms with van der Waals surface area (Å²) >= 11 is 0. The van der Waals surface area contributed by atoms with E-state index in [2.05, 4.69) is 4.90 Å². The zero-order valence-electron chi connectivity index (χ0n) is 13.5. The topological polar surface area (TPSA) is 49.8 Å². The number of benzene rings is 2. The summed E-state index contributed by atoms with van der Waals surface area (Å²) in [5.74, 6) is 1.07. The molecule has 0 saturated carbocycles. The third-order valence-electron chi connectivity index (χ3n) is 4.62. The summed E-state index contributed by atoms with van der Waals surface area (Å²) < 4.78 is 5.24. The lowest BCUT2D eigenvalue weighted by molar-refractivity contribution is 0.0794. The monoisotopic (exact) mass is 313 g/mol. The van der Waals surface area contributed by atoms with Crippen LogP contribution >= 0.6 is 0 Å². The molecular weight excluding hydrogens is 290 g/mol. The minimum absolute atomic E-state index is 0.0333. The molecule has 3 rings (SSSR count). The summed E-state index contributed by atoms with van der Waals surface area (Å²) in [4.78, 5) is 15.0. The molecule has 0 spiro atoms. The SMILES string of the molecule is COc1ccc2cc(C(=O)[C@@H]3CCCN(CCO)C3)ccc2c1. The van der Waals surface area contributed by atoms with Crippen molar-refractivity contribution in [3.8, 4) is 5.75 Å². The number of carbonyl (C=O) groups is 1. The fraction of sp³-hybridized carbons (Fsp3) is 0.421. The zero-order valence-corrected chi connectivity index (χ0v) is 13.5. The molecule has 1 aliphatic rings. The van der Waals surface area contributed by atoms with Crippen LogP contribution in [0.1, 0.15) is 23.2 Å². The van der Waals surface area contributed by atoms with E-state index in [1.54, 1.807) is 7.11 Å². The number of piperidine rings is 1. The third-order valence-corrected chi connectivity index (χ3v) is 4.62. The molecule has 122 valence electrons. The minimum Gasteiger partial charge on any atom is -0.497 e. The Morgan fingerprint density at radius 3 is 2.83 bits per heavy atom. The first-order valence-electron chi connectivity index (χ1n) is 8.16. The van der Waals surface area contributed by atoms with Gasteiger partial charge >= 0.3 is 0 Å². The molecule has 1 aliphatic heterocycles. The lowest BCUT2D eigenvalue weighted by Crippen LogP contribution is -2.40. The first-order chi connectivity index (χ1) is 11.2. The van der Waals surface area contributed by atoms with Gasteiger partial charge < -0.3 is 14.7 Å². The van der Waals surface area contributed by atoms with Gasteiger partial charge in [-0.1, -0.05) is 18.2 Å². The number of nitrogens with zero attached hydrogens (tertiary/aromatic N) is 1. The molecule has 1 atom stereocenters. The predicted molar refractivity (Wildman–Crippen MR) is 91.1 cm³/mol. The van der Waals surface area contributed by atoms with Crippen molar-refractivity contribution in [1.29, 1.82) is 0 Å². The van der Waals surface area contributed by atoms with Crippen LogP contribution < -0.4 is 4.74 Å². The summed E-state index contributed by atoms with van der Waals surface area (Å²) in [6.07, 6.45) is 1.95. The van der Waals surface area contributed by atoms with Gasteiger partial charge in [0.15, 0.2) is 5.78 Å². The molecule has 0 radical (unpaired) electrons. The Hall–Kier alpha value is -1.91. The highest BCUT2D eigenvalue weighted by Gasteiger charge is 2.26. The number of methoxy groups -OCH3 is 1. The summed E-state index contributed by atoms with van der Waals surface area (Å²) in [7, 11) is 1.65. The number of hydrogen-bond acceptors (Lipinski definition) is 4. The molecule has 0 bridgehead atoms. The van der Waals surface area contributed by atoms with Crippen molar-refractivity contribution in [1.82, 2.24) is 4.90 Å². The molecule has 4 heteroatoms. The highest BCUT2D eigenvalue weighted by Crippen LogP contribution is 2.25. The van der Waals surface area contributed by atoms with E-state index in [1.807, 2.05) is 36.4 Å². The number of likely N-dealkylation sites (tertiary alicyclic amines) is 1. The van der Waals surface area contributed by atoms with Crippen molar-refractivity contribution < 1.29 is 14.6 Å². The van der Waals surface area contributed by atoms with E-state index in [0.717, 1.165) is 48.0 Å². The normalized spacial score (nSPS) is 19.0. The number of aliphatic hydroxyl groups excluding tert-OH is 1. The average molecular weight is 313 g/mol. The number of ketones is 1. The smallest absolute Gasteiger partial charge is 0.167 e. The first kappa shape index (κ1) is 16.0. The second-order valence-electron chi connectivity index (χ2n) is 6.16. The van der Waals surface area contributed by atoms with Crippen molar-refractivity contribution in [2.45, 2.75) is 12.8 Å². The number of Topliss-reactive ketones (excluding diaryl/α,β-unsaturated/α-hetero) is 1. The van der Waals surface area contributed by atoms with Crippen molar-refractivity contribution in [3.63, 3.8) is 0 Å². The lowest BCUT2D eigenvalue weighted by Gasteiger charge is -2.31. The second kappa shape index (κ2) is 7.11. The number of ether oxygens (including phenoxy) is 1. The van der Waals surface area contributed by atoms with Gasteiger partial charge in [-0.15, -0.1) is 0 Å².